The van der Waals surface area contributed by atoms with Gasteiger partial charge in [-0.15, -0.1) is 13.2 Å². The largest absolute Gasteiger partial charge is 0.573 e. The molecule has 1 atom stereocenters. The van der Waals surface area contributed by atoms with Gasteiger partial charge in [-0.3, -0.25) is 0 Å². The van der Waals surface area contributed by atoms with Crippen molar-refractivity contribution in [2.45, 2.75) is 25.3 Å². The van der Waals surface area contributed by atoms with Gasteiger partial charge in [-0.1, -0.05) is 18.2 Å². The molecule has 1 unspecified atom stereocenters. The quantitative estimate of drug-likeness (QED) is 0.815. The first-order valence-corrected chi connectivity index (χ1v) is 8.00. The van der Waals surface area contributed by atoms with Crippen molar-refractivity contribution in [2.75, 3.05) is 7.11 Å². The van der Waals surface area contributed by atoms with Gasteiger partial charge < -0.3 is 14.6 Å². The second-order valence-electron chi connectivity index (χ2n) is 5.50. The van der Waals surface area contributed by atoms with E-state index in [0.29, 0.717) is 11.1 Å². The highest BCUT2D eigenvalue weighted by Gasteiger charge is 2.33. The van der Waals surface area contributed by atoms with Crippen LogP contribution in [0.25, 0.3) is 0 Å². The number of alkyl halides is 3. The minimum atomic E-state index is -4.81. The molecule has 0 radical (unpaired) electrons. The SMILES string of the molecule is COc1cc(OC(F)(F)F)c(Br)cc1C(O)c1ccc2c(c1)CC2. The fraction of sp³-hybridized carbons (Fsp3) is 0.294. The molecule has 24 heavy (non-hydrogen) atoms. The van der Waals surface area contributed by atoms with E-state index in [0.717, 1.165) is 18.9 Å². The lowest BCUT2D eigenvalue weighted by molar-refractivity contribution is -0.274. The number of fused-ring (bicyclic) bond motifs is 1. The Hall–Kier alpha value is -1.73. The maximum absolute atomic E-state index is 12.4. The standard InChI is InChI=1S/C17H14BrF3O3/c1-23-14-8-15(24-17(19,20)21)13(18)7-12(14)16(22)11-5-3-9-2-4-10(9)6-11/h3,5-8,16,22H,2,4H2,1H3. The average molecular weight is 403 g/mol. The number of benzene rings is 2. The lowest BCUT2D eigenvalue weighted by Gasteiger charge is -2.22. The van der Waals surface area contributed by atoms with Crippen molar-refractivity contribution < 1.29 is 27.8 Å². The third-order valence-electron chi connectivity index (χ3n) is 4.01. The number of hydrogen-bond donors (Lipinski definition) is 1. The van der Waals surface area contributed by atoms with E-state index in [1.165, 1.54) is 24.3 Å². The molecule has 128 valence electrons. The van der Waals surface area contributed by atoms with Crippen LogP contribution < -0.4 is 9.47 Å². The maximum atomic E-state index is 12.4. The summed E-state index contributed by atoms with van der Waals surface area (Å²) < 4.78 is 46.5. The van der Waals surface area contributed by atoms with E-state index in [9.17, 15) is 18.3 Å². The van der Waals surface area contributed by atoms with Gasteiger partial charge in [-0.25, -0.2) is 0 Å². The monoisotopic (exact) mass is 402 g/mol. The Kier molecular flexibility index (Phi) is 4.48. The molecular formula is C17H14BrF3O3. The van der Waals surface area contributed by atoms with Crippen molar-refractivity contribution in [1.82, 2.24) is 0 Å². The predicted molar refractivity (Wildman–Crippen MR) is 85.3 cm³/mol. The number of aryl methyl sites for hydroxylation is 2. The molecule has 0 aromatic heterocycles. The van der Waals surface area contributed by atoms with Crippen molar-refractivity contribution in [3.8, 4) is 11.5 Å². The van der Waals surface area contributed by atoms with Crippen molar-refractivity contribution in [1.29, 1.82) is 0 Å². The summed E-state index contributed by atoms with van der Waals surface area (Å²) in [5, 5.41) is 10.6. The predicted octanol–water partition coefficient (Wildman–Crippen LogP) is 4.54. The van der Waals surface area contributed by atoms with E-state index < -0.39 is 18.2 Å². The van der Waals surface area contributed by atoms with E-state index in [1.807, 2.05) is 18.2 Å². The Balaban J connectivity index is 1.97. The summed E-state index contributed by atoms with van der Waals surface area (Å²) in [6.45, 7) is 0. The molecule has 0 saturated heterocycles. The van der Waals surface area contributed by atoms with Gasteiger partial charge in [0.2, 0.25) is 0 Å². The molecule has 2 aromatic rings. The Morgan fingerprint density at radius 2 is 1.79 bits per heavy atom. The Morgan fingerprint density at radius 3 is 2.33 bits per heavy atom. The lowest BCUT2D eigenvalue weighted by atomic mass is 9.85. The first-order valence-electron chi connectivity index (χ1n) is 7.21. The topological polar surface area (TPSA) is 38.7 Å². The number of aliphatic hydroxyl groups is 1. The van der Waals surface area contributed by atoms with E-state index in [1.54, 1.807) is 0 Å². The van der Waals surface area contributed by atoms with E-state index in [2.05, 4.69) is 20.7 Å². The normalized spacial score (nSPS) is 14.6. The Bertz CT molecular complexity index is 774. The summed E-state index contributed by atoms with van der Waals surface area (Å²) in [5.41, 5.74) is 3.47. The summed E-state index contributed by atoms with van der Waals surface area (Å²) in [7, 11) is 1.33. The van der Waals surface area contributed by atoms with Gasteiger partial charge in [0.1, 0.15) is 17.6 Å². The molecule has 0 saturated carbocycles. The van der Waals surface area contributed by atoms with Crippen LogP contribution in [0, 0.1) is 0 Å². The zero-order valence-electron chi connectivity index (χ0n) is 12.7. The van der Waals surface area contributed by atoms with E-state index >= 15 is 0 Å². The first-order chi connectivity index (χ1) is 11.3. The molecule has 1 aliphatic rings. The lowest BCUT2D eigenvalue weighted by Crippen LogP contribution is -2.17. The molecule has 7 heteroatoms. The van der Waals surface area contributed by atoms with E-state index in [4.69, 9.17) is 4.74 Å². The van der Waals surface area contributed by atoms with Crippen molar-refractivity contribution in [2.24, 2.45) is 0 Å². The Labute approximate surface area is 145 Å². The molecule has 3 rings (SSSR count). The van der Waals surface area contributed by atoms with Crippen LogP contribution in [-0.4, -0.2) is 18.6 Å². The van der Waals surface area contributed by atoms with Crippen LogP contribution in [0.2, 0.25) is 0 Å². The fourth-order valence-corrected chi connectivity index (χ4v) is 3.15. The second kappa shape index (κ2) is 6.29. The molecule has 0 bridgehead atoms. The summed E-state index contributed by atoms with van der Waals surface area (Å²) in [4.78, 5) is 0. The van der Waals surface area contributed by atoms with Gasteiger partial charge in [-0.2, -0.15) is 0 Å². The highest BCUT2D eigenvalue weighted by atomic mass is 79.9. The molecule has 3 nitrogen and oxygen atoms in total. The van der Waals surface area contributed by atoms with Crippen LogP contribution in [-0.2, 0) is 12.8 Å². The fourth-order valence-electron chi connectivity index (χ4n) is 2.71. The molecule has 2 aromatic carbocycles. The summed E-state index contributed by atoms with van der Waals surface area (Å²) in [6.07, 6.45) is -3.82. The van der Waals surface area contributed by atoms with Gasteiger partial charge in [0.05, 0.1) is 11.6 Å². The summed E-state index contributed by atoms with van der Waals surface area (Å²) >= 11 is 3.05. The second-order valence-corrected chi connectivity index (χ2v) is 6.36. The number of halogens is 4. The first kappa shape index (κ1) is 17.1. The minimum Gasteiger partial charge on any atom is -0.496 e. The third kappa shape index (κ3) is 3.37. The maximum Gasteiger partial charge on any atom is 0.573 e. The third-order valence-corrected chi connectivity index (χ3v) is 4.63. The zero-order chi connectivity index (χ0) is 17.5. The smallest absolute Gasteiger partial charge is 0.496 e. The summed E-state index contributed by atoms with van der Waals surface area (Å²) in [6, 6.07) is 8.17. The molecule has 0 heterocycles. The Morgan fingerprint density at radius 1 is 1.08 bits per heavy atom. The van der Waals surface area contributed by atoms with Crippen LogP contribution in [0.3, 0.4) is 0 Å². The highest BCUT2D eigenvalue weighted by molar-refractivity contribution is 9.10. The molecule has 1 N–H and O–H groups in total. The number of aliphatic hydroxyl groups excluding tert-OH is 1. The van der Waals surface area contributed by atoms with Crippen molar-refractivity contribution in [3.05, 3.63) is 57.1 Å². The van der Waals surface area contributed by atoms with Gasteiger partial charge in [-0.05, 0) is 51.5 Å². The number of methoxy groups -OCH3 is 1. The number of hydrogen-bond acceptors (Lipinski definition) is 3. The van der Waals surface area contributed by atoms with Crippen LogP contribution in [0.1, 0.15) is 28.4 Å². The molecule has 0 aliphatic heterocycles. The van der Waals surface area contributed by atoms with Gasteiger partial charge >= 0.3 is 6.36 Å². The zero-order valence-corrected chi connectivity index (χ0v) is 14.2. The van der Waals surface area contributed by atoms with Crippen LogP contribution in [0.15, 0.2) is 34.8 Å². The number of ether oxygens (including phenoxy) is 2. The average Bonchev–Trinajstić information content (AvgIpc) is 2.48. The molecule has 0 amide bonds. The molecule has 0 fully saturated rings. The van der Waals surface area contributed by atoms with Crippen molar-refractivity contribution in [3.63, 3.8) is 0 Å². The minimum absolute atomic E-state index is 0.0820. The van der Waals surface area contributed by atoms with Gasteiger partial charge in [0.15, 0.2) is 0 Å². The highest BCUT2D eigenvalue weighted by Crippen LogP contribution is 2.40. The van der Waals surface area contributed by atoms with Crippen LogP contribution in [0.5, 0.6) is 11.5 Å². The molecule has 0 spiro atoms. The number of rotatable bonds is 4. The van der Waals surface area contributed by atoms with Gasteiger partial charge in [0.25, 0.3) is 0 Å². The van der Waals surface area contributed by atoms with Gasteiger partial charge in [0, 0.05) is 11.6 Å². The molecular weight excluding hydrogens is 389 g/mol. The van der Waals surface area contributed by atoms with Crippen molar-refractivity contribution >= 4 is 15.9 Å². The van der Waals surface area contributed by atoms with E-state index in [-0.39, 0.29) is 10.2 Å². The summed E-state index contributed by atoms with van der Waals surface area (Å²) in [5.74, 6) is -0.305. The molecule has 1 aliphatic carbocycles. The van der Waals surface area contributed by atoms with Crippen LogP contribution in [0.4, 0.5) is 13.2 Å². The van der Waals surface area contributed by atoms with Crippen LogP contribution >= 0.6 is 15.9 Å².